The molecule has 1 heterocycles. The fourth-order valence-corrected chi connectivity index (χ4v) is 2.78. The monoisotopic (exact) mass is 167 g/mol. The van der Waals surface area contributed by atoms with Crippen molar-refractivity contribution in [3.05, 3.63) is 0 Å². The summed E-state index contributed by atoms with van der Waals surface area (Å²) in [5, 5.41) is 3.68. The van der Waals surface area contributed by atoms with Gasteiger partial charge in [0.05, 0.1) is 0 Å². The van der Waals surface area contributed by atoms with Crippen LogP contribution in [0.3, 0.4) is 0 Å². The molecule has 2 aliphatic rings. The highest BCUT2D eigenvalue weighted by Gasteiger charge is 2.20. The average Bonchev–Trinajstić information content (AvgIpc) is 2.25. The summed E-state index contributed by atoms with van der Waals surface area (Å²) in [4.78, 5) is 0. The zero-order valence-corrected chi connectivity index (χ0v) is 8.02. The van der Waals surface area contributed by atoms with E-state index in [1.54, 1.807) is 0 Å². The van der Waals surface area contributed by atoms with E-state index in [2.05, 4.69) is 5.32 Å². The van der Waals surface area contributed by atoms with Crippen molar-refractivity contribution in [3.8, 4) is 0 Å². The molecule has 0 radical (unpaired) electrons. The zero-order chi connectivity index (χ0) is 8.23. The fraction of sp³-hybridized carbons (Fsp3) is 1.00. The van der Waals surface area contributed by atoms with E-state index in [-0.39, 0.29) is 0 Å². The molecule has 0 aromatic heterocycles. The van der Waals surface area contributed by atoms with Crippen molar-refractivity contribution >= 4 is 0 Å². The molecular weight excluding hydrogens is 146 g/mol. The number of hydrogen-bond acceptors (Lipinski definition) is 1. The molecule has 1 heteroatoms. The molecule has 2 bridgehead atoms. The van der Waals surface area contributed by atoms with Crippen LogP contribution >= 0.6 is 0 Å². The van der Waals surface area contributed by atoms with Crippen molar-refractivity contribution in [1.29, 1.82) is 0 Å². The molecule has 12 heavy (non-hydrogen) atoms. The van der Waals surface area contributed by atoms with Crippen molar-refractivity contribution in [3.63, 3.8) is 0 Å². The van der Waals surface area contributed by atoms with Gasteiger partial charge in [-0.05, 0) is 38.1 Å². The van der Waals surface area contributed by atoms with Crippen LogP contribution < -0.4 is 5.32 Å². The highest BCUT2D eigenvalue weighted by Crippen LogP contribution is 2.27. The van der Waals surface area contributed by atoms with Gasteiger partial charge < -0.3 is 5.32 Å². The van der Waals surface area contributed by atoms with Gasteiger partial charge in [-0.15, -0.1) is 0 Å². The first-order valence-electron chi connectivity index (χ1n) is 5.68. The maximum atomic E-state index is 3.68. The van der Waals surface area contributed by atoms with Crippen LogP contribution in [0.25, 0.3) is 0 Å². The molecule has 1 aliphatic heterocycles. The van der Waals surface area contributed by atoms with Crippen molar-refractivity contribution in [2.45, 2.75) is 57.4 Å². The Morgan fingerprint density at radius 1 is 0.833 bits per heavy atom. The molecule has 1 saturated heterocycles. The van der Waals surface area contributed by atoms with Crippen LogP contribution in [-0.4, -0.2) is 12.6 Å². The van der Waals surface area contributed by atoms with E-state index in [0.29, 0.717) is 0 Å². The average molecular weight is 167 g/mol. The Hall–Kier alpha value is -0.0400. The quantitative estimate of drug-likeness (QED) is 0.585. The van der Waals surface area contributed by atoms with Gasteiger partial charge in [0.1, 0.15) is 0 Å². The number of rotatable bonds is 0. The van der Waals surface area contributed by atoms with Crippen molar-refractivity contribution < 1.29 is 0 Å². The number of nitrogens with one attached hydrogen (secondary N) is 1. The summed E-state index contributed by atoms with van der Waals surface area (Å²) in [6.07, 6.45) is 11.8. The largest absolute Gasteiger partial charge is 0.314 e. The van der Waals surface area contributed by atoms with Crippen LogP contribution in [-0.2, 0) is 0 Å². The summed E-state index contributed by atoms with van der Waals surface area (Å²) >= 11 is 0. The molecule has 2 fully saturated rings. The molecule has 0 aromatic carbocycles. The summed E-state index contributed by atoms with van der Waals surface area (Å²) in [7, 11) is 0. The zero-order valence-electron chi connectivity index (χ0n) is 8.02. The van der Waals surface area contributed by atoms with E-state index in [4.69, 9.17) is 0 Å². The lowest BCUT2D eigenvalue weighted by Crippen LogP contribution is -2.29. The fourth-order valence-electron chi connectivity index (χ4n) is 2.78. The summed E-state index contributed by atoms with van der Waals surface area (Å²) in [5.74, 6) is 1.06. The van der Waals surface area contributed by atoms with E-state index in [0.717, 1.165) is 12.0 Å². The van der Waals surface area contributed by atoms with Gasteiger partial charge in [0.2, 0.25) is 0 Å². The molecule has 2 unspecified atom stereocenters. The first-order valence-corrected chi connectivity index (χ1v) is 5.68. The van der Waals surface area contributed by atoms with Crippen LogP contribution in [0.15, 0.2) is 0 Å². The normalized spacial score (nSPS) is 38.0. The topological polar surface area (TPSA) is 12.0 Å². The Labute approximate surface area is 75.9 Å². The third-order valence-electron chi connectivity index (χ3n) is 3.50. The van der Waals surface area contributed by atoms with Crippen molar-refractivity contribution in [2.75, 3.05) is 6.54 Å². The van der Waals surface area contributed by atoms with Crippen LogP contribution in [0, 0.1) is 5.92 Å². The minimum Gasteiger partial charge on any atom is -0.314 e. The van der Waals surface area contributed by atoms with Gasteiger partial charge in [-0.3, -0.25) is 0 Å². The summed E-state index contributed by atoms with van der Waals surface area (Å²) in [6.45, 7) is 1.28. The highest BCUT2D eigenvalue weighted by molar-refractivity contribution is 4.78. The minimum atomic E-state index is 0.873. The standard InChI is InChI=1S/C11H21N/c1-2-5-10-6-4-8-12-11(9-10)7-3-1/h10-12H,1-9H2. The van der Waals surface area contributed by atoms with Gasteiger partial charge >= 0.3 is 0 Å². The van der Waals surface area contributed by atoms with E-state index in [1.807, 2.05) is 0 Å². The Bertz CT molecular complexity index is 119. The molecule has 1 nitrogen and oxygen atoms in total. The van der Waals surface area contributed by atoms with Crippen molar-refractivity contribution in [2.24, 2.45) is 5.92 Å². The lowest BCUT2D eigenvalue weighted by atomic mass is 9.87. The summed E-state index contributed by atoms with van der Waals surface area (Å²) < 4.78 is 0. The molecule has 2 atom stereocenters. The van der Waals surface area contributed by atoms with Gasteiger partial charge in [-0.25, -0.2) is 0 Å². The van der Waals surface area contributed by atoms with E-state index < -0.39 is 0 Å². The van der Waals surface area contributed by atoms with Gasteiger partial charge in [0, 0.05) is 6.04 Å². The molecular formula is C11H21N. The van der Waals surface area contributed by atoms with Gasteiger partial charge in [-0.1, -0.05) is 25.7 Å². The predicted molar refractivity (Wildman–Crippen MR) is 52.2 cm³/mol. The second kappa shape index (κ2) is 4.27. The molecule has 1 saturated carbocycles. The lowest BCUT2D eigenvalue weighted by Gasteiger charge is -2.23. The minimum absolute atomic E-state index is 0.873. The molecule has 0 spiro atoms. The van der Waals surface area contributed by atoms with Gasteiger partial charge in [0.25, 0.3) is 0 Å². The lowest BCUT2D eigenvalue weighted by molar-refractivity contribution is 0.333. The second-order valence-corrected chi connectivity index (χ2v) is 4.53. The Morgan fingerprint density at radius 2 is 1.67 bits per heavy atom. The molecule has 70 valence electrons. The van der Waals surface area contributed by atoms with Gasteiger partial charge in [0.15, 0.2) is 0 Å². The molecule has 0 aromatic rings. The molecule has 2 rings (SSSR count). The highest BCUT2D eigenvalue weighted by atomic mass is 14.9. The maximum absolute atomic E-state index is 3.68. The molecule has 1 aliphatic carbocycles. The third-order valence-corrected chi connectivity index (χ3v) is 3.50. The Morgan fingerprint density at radius 3 is 2.67 bits per heavy atom. The predicted octanol–water partition coefficient (Wildman–Crippen LogP) is 2.71. The molecule has 1 N–H and O–H groups in total. The summed E-state index contributed by atoms with van der Waals surface area (Å²) in [5.41, 5.74) is 0. The van der Waals surface area contributed by atoms with Crippen LogP contribution in [0.1, 0.15) is 51.4 Å². The smallest absolute Gasteiger partial charge is 0.00697 e. The van der Waals surface area contributed by atoms with E-state index >= 15 is 0 Å². The van der Waals surface area contributed by atoms with Crippen LogP contribution in [0.5, 0.6) is 0 Å². The maximum Gasteiger partial charge on any atom is 0.00697 e. The third kappa shape index (κ3) is 2.22. The van der Waals surface area contributed by atoms with Gasteiger partial charge in [-0.2, -0.15) is 0 Å². The number of fused-ring (bicyclic) bond motifs is 2. The summed E-state index contributed by atoms with van der Waals surface area (Å²) in [6, 6.07) is 0.873. The van der Waals surface area contributed by atoms with Crippen molar-refractivity contribution in [1.82, 2.24) is 5.32 Å². The Balaban J connectivity index is 1.92. The number of hydrogen-bond donors (Lipinski definition) is 1. The van der Waals surface area contributed by atoms with Crippen LogP contribution in [0.2, 0.25) is 0 Å². The second-order valence-electron chi connectivity index (χ2n) is 4.53. The first kappa shape index (κ1) is 8.55. The SMILES string of the molecule is C1CCC2CCCNC(CC1)C2. The van der Waals surface area contributed by atoms with Crippen LogP contribution in [0.4, 0.5) is 0 Å². The Kier molecular flexibility index (Phi) is 3.04. The first-order chi connectivity index (χ1) is 5.95. The van der Waals surface area contributed by atoms with E-state index in [9.17, 15) is 0 Å². The van der Waals surface area contributed by atoms with E-state index in [1.165, 1.54) is 57.9 Å². The molecule has 0 amide bonds.